The van der Waals surface area contributed by atoms with E-state index in [0.717, 1.165) is 11.8 Å². The number of hydrogen-bond donors (Lipinski definition) is 2. The second-order valence-electron chi connectivity index (χ2n) is 9.96. The Bertz CT molecular complexity index is 1560. The number of halogens is 2. The second kappa shape index (κ2) is 10.7. The van der Waals surface area contributed by atoms with Gasteiger partial charge < -0.3 is 29.5 Å². The Balaban J connectivity index is 1.32. The van der Waals surface area contributed by atoms with Crippen LogP contribution in [-0.2, 0) is 4.79 Å². The molecule has 3 heterocycles. The number of amides is 2. The largest absolute Gasteiger partial charge is 0.486 e. The number of piperazine rings is 1. The number of ketones is 1. The molecule has 2 N–H and O–H groups in total. The fourth-order valence-electron chi connectivity index (χ4n) is 5.09. The molecule has 40 heavy (non-hydrogen) atoms. The van der Waals surface area contributed by atoms with E-state index in [-0.39, 0.29) is 28.9 Å². The van der Waals surface area contributed by atoms with Crippen molar-refractivity contribution in [3.63, 3.8) is 0 Å². The molecule has 1 fully saturated rings. The molecule has 2 aliphatic rings. The summed E-state index contributed by atoms with van der Waals surface area (Å²) in [5.74, 6) is -4.35. The molecule has 1 unspecified atom stereocenters. The lowest BCUT2D eigenvalue weighted by Crippen LogP contribution is -2.56. The van der Waals surface area contributed by atoms with Gasteiger partial charge in [0.1, 0.15) is 18.2 Å². The van der Waals surface area contributed by atoms with Crippen LogP contribution < -0.4 is 20.4 Å². The summed E-state index contributed by atoms with van der Waals surface area (Å²) in [6.45, 7) is 4.17. The van der Waals surface area contributed by atoms with E-state index >= 15 is 0 Å². The molecule has 5 rings (SSSR count). The van der Waals surface area contributed by atoms with E-state index in [4.69, 9.17) is 4.74 Å². The van der Waals surface area contributed by atoms with Gasteiger partial charge in [0.25, 0.3) is 5.91 Å². The van der Waals surface area contributed by atoms with Gasteiger partial charge in [0, 0.05) is 43.6 Å². The average molecular weight is 555 g/mol. The molecular formula is C28H28F2N4O6. The van der Waals surface area contributed by atoms with E-state index in [0.29, 0.717) is 31.7 Å². The Kier molecular flexibility index (Phi) is 7.28. The van der Waals surface area contributed by atoms with Gasteiger partial charge in [-0.25, -0.2) is 4.39 Å². The molecule has 1 saturated heterocycles. The van der Waals surface area contributed by atoms with Crippen LogP contribution >= 0.6 is 0 Å². The zero-order chi connectivity index (χ0) is 28.7. The number of nitrogens with one attached hydrogen (secondary N) is 1. The highest BCUT2D eigenvalue weighted by atomic mass is 19.2. The van der Waals surface area contributed by atoms with Crippen LogP contribution in [0.3, 0.4) is 0 Å². The summed E-state index contributed by atoms with van der Waals surface area (Å²) >= 11 is 0. The number of ether oxygens (including phenoxy) is 1. The molecule has 10 nitrogen and oxygen atoms in total. The predicted octanol–water partition coefficient (Wildman–Crippen LogP) is 1.88. The lowest BCUT2D eigenvalue weighted by molar-refractivity contribution is -0.134. The minimum Gasteiger partial charge on any atom is -0.486 e. The van der Waals surface area contributed by atoms with Crippen LogP contribution in [0.1, 0.15) is 40.6 Å². The minimum atomic E-state index is -1.31. The number of pyridine rings is 1. The molecule has 0 aliphatic carbocycles. The third-order valence-electron chi connectivity index (χ3n) is 7.37. The summed E-state index contributed by atoms with van der Waals surface area (Å²) in [6.07, 6.45) is 1.24. The molecule has 0 spiro atoms. The number of nitrogens with zero attached hydrogens (tertiary/aromatic N) is 3. The summed E-state index contributed by atoms with van der Waals surface area (Å²) in [5, 5.41) is 12.1. The minimum absolute atomic E-state index is 0.00297. The highest BCUT2D eigenvalue weighted by Gasteiger charge is 2.32. The molecular weight excluding hydrogens is 526 g/mol. The van der Waals surface area contributed by atoms with Crippen molar-refractivity contribution in [2.45, 2.75) is 25.9 Å². The van der Waals surface area contributed by atoms with Gasteiger partial charge >= 0.3 is 0 Å². The Hall–Kier alpha value is -4.32. The molecule has 2 amide bonds. The number of aliphatic hydroxyl groups excluding tert-OH is 1. The molecule has 2 atom stereocenters. The lowest BCUT2D eigenvalue weighted by atomic mass is 10.1. The summed E-state index contributed by atoms with van der Waals surface area (Å²) in [5.41, 5.74) is 0.333. The molecule has 0 radical (unpaired) electrons. The molecule has 0 bridgehead atoms. The number of hydrogen-bond acceptors (Lipinski definition) is 7. The van der Waals surface area contributed by atoms with Crippen molar-refractivity contribution in [3.05, 3.63) is 69.5 Å². The second-order valence-corrected chi connectivity index (χ2v) is 9.96. The Morgan fingerprint density at radius 2 is 1.80 bits per heavy atom. The monoisotopic (exact) mass is 554 g/mol. The smallest absolute Gasteiger partial charge is 0.257 e. The fraction of sp³-hybridized carbons (Fsp3) is 0.357. The predicted molar refractivity (Wildman–Crippen MR) is 142 cm³/mol. The van der Waals surface area contributed by atoms with Crippen molar-refractivity contribution in [3.8, 4) is 5.75 Å². The van der Waals surface area contributed by atoms with Crippen molar-refractivity contribution in [1.82, 2.24) is 14.8 Å². The molecule has 0 saturated carbocycles. The number of aliphatic hydroxyl groups is 1. The van der Waals surface area contributed by atoms with Gasteiger partial charge in [0.15, 0.2) is 17.3 Å². The van der Waals surface area contributed by atoms with Crippen LogP contribution in [0.2, 0.25) is 0 Å². The van der Waals surface area contributed by atoms with Crippen molar-refractivity contribution < 1.29 is 33.0 Å². The number of Topliss-reactive ketones (excluding diaryl/α,β-unsaturated/α-hetero) is 1. The van der Waals surface area contributed by atoms with E-state index < -0.39 is 53.3 Å². The number of benzene rings is 2. The zero-order valence-electron chi connectivity index (χ0n) is 21.9. The molecule has 3 aromatic rings. The standard InChI is InChI=1S/C28H28F2N4O6/c1-15-14-40-26-23(30)21(29)11-19-24(26)34(15)12-20(25(19)37)27(38)31-22(13-35)28(39)33-9-7-32(8-10-33)18-5-3-17(4-6-18)16(2)36/h3-6,11-12,15,22,35H,7-10,13-14H2,1-2H3,(H,31,38)/t15?,22-/m0/s1. The normalized spacial score (nSPS) is 17.4. The van der Waals surface area contributed by atoms with E-state index in [9.17, 15) is 33.1 Å². The van der Waals surface area contributed by atoms with Crippen LogP contribution in [0.4, 0.5) is 14.5 Å². The first kappa shape index (κ1) is 27.3. The highest BCUT2D eigenvalue weighted by molar-refractivity contribution is 6.00. The maximum atomic E-state index is 14.3. The van der Waals surface area contributed by atoms with Gasteiger partial charge in [-0.1, -0.05) is 0 Å². The van der Waals surface area contributed by atoms with Crippen molar-refractivity contribution in [1.29, 1.82) is 0 Å². The summed E-state index contributed by atoms with van der Waals surface area (Å²) < 4.78 is 35.4. The van der Waals surface area contributed by atoms with Crippen LogP contribution in [0.15, 0.2) is 41.3 Å². The van der Waals surface area contributed by atoms with E-state index in [1.165, 1.54) is 22.6 Å². The third kappa shape index (κ3) is 4.79. The SMILES string of the molecule is CC(=O)c1ccc(N2CCN(C(=O)[C@H](CO)NC(=O)c3cn4c5c(c(F)c(F)cc5c3=O)OCC4C)CC2)cc1. The zero-order valence-corrected chi connectivity index (χ0v) is 21.9. The Morgan fingerprint density at radius 3 is 2.42 bits per heavy atom. The Morgan fingerprint density at radius 1 is 1.12 bits per heavy atom. The van der Waals surface area contributed by atoms with Crippen molar-refractivity contribution in [2.75, 3.05) is 44.3 Å². The number of rotatable bonds is 6. The topological polar surface area (TPSA) is 121 Å². The van der Waals surface area contributed by atoms with Crippen LogP contribution in [0.5, 0.6) is 5.75 Å². The maximum absolute atomic E-state index is 14.3. The number of aromatic nitrogens is 1. The van der Waals surface area contributed by atoms with Gasteiger partial charge in [0.05, 0.1) is 23.6 Å². The van der Waals surface area contributed by atoms with E-state index in [1.54, 1.807) is 19.1 Å². The van der Waals surface area contributed by atoms with E-state index in [1.807, 2.05) is 12.1 Å². The first-order valence-corrected chi connectivity index (χ1v) is 12.9. The fourth-order valence-corrected chi connectivity index (χ4v) is 5.09. The lowest BCUT2D eigenvalue weighted by Gasteiger charge is -2.37. The quantitative estimate of drug-likeness (QED) is 0.447. The summed E-state index contributed by atoms with van der Waals surface area (Å²) in [7, 11) is 0. The highest BCUT2D eigenvalue weighted by Crippen LogP contribution is 2.35. The molecule has 2 aromatic carbocycles. The van der Waals surface area contributed by atoms with Crippen LogP contribution in [0.25, 0.3) is 10.9 Å². The van der Waals surface area contributed by atoms with E-state index in [2.05, 4.69) is 10.2 Å². The number of carbonyl (C=O) groups excluding carboxylic acids is 3. The van der Waals surface area contributed by atoms with Crippen LogP contribution in [0, 0.1) is 11.6 Å². The first-order chi connectivity index (χ1) is 19.1. The van der Waals surface area contributed by atoms with Gasteiger partial charge in [-0.2, -0.15) is 4.39 Å². The van der Waals surface area contributed by atoms with Gasteiger partial charge in [0.2, 0.25) is 17.2 Å². The summed E-state index contributed by atoms with van der Waals surface area (Å²) in [6, 6.07) is 6.20. The first-order valence-electron chi connectivity index (χ1n) is 12.9. The van der Waals surface area contributed by atoms with Gasteiger partial charge in [-0.05, 0) is 44.2 Å². The maximum Gasteiger partial charge on any atom is 0.257 e. The number of carbonyl (C=O) groups is 3. The van der Waals surface area contributed by atoms with Gasteiger partial charge in [-0.3, -0.25) is 19.2 Å². The molecule has 12 heteroatoms. The summed E-state index contributed by atoms with van der Waals surface area (Å²) in [4.78, 5) is 54.6. The molecule has 210 valence electrons. The average Bonchev–Trinajstić information content (AvgIpc) is 2.96. The van der Waals surface area contributed by atoms with Crippen molar-refractivity contribution in [2.24, 2.45) is 0 Å². The van der Waals surface area contributed by atoms with Gasteiger partial charge in [-0.15, -0.1) is 0 Å². The number of anilines is 1. The van der Waals surface area contributed by atoms with Crippen molar-refractivity contribution >= 4 is 34.2 Å². The molecule has 1 aromatic heterocycles. The molecule has 2 aliphatic heterocycles. The third-order valence-corrected chi connectivity index (χ3v) is 7.37. The Labute approximate surface area is 227 Å². The van der Waals surface area contributed by atoms with Crippen LogP contribution in [-0.4, -0.2) is 77.6 Å².